The van der Waals surface area contributed by atoms with Gasteiger partial charge in [0.1, 0.15) is 5.82 Å². The Kier molecular flexibility index (Phi) is 7.09. The Hall–Kier alpha value is -3.97. The highest BCUT2D eigenvalue weighted by molar-refractivity contribution is 7.98. The number of aryl methyl sites for hydroxylation is 1. The largest absolute Gasteiger partial charge is 0.348 e. The minimum atomic E-state index is -0.217. The van der Waals surface area contributed by atoms with E-state index < -0.39 is 0 Å². The quantitative estimate of drug-likeness (QED) is 0.262. The predicted octanol–water partition coefficient (Wildman–Crippen LogP) is 6.15. The highest BCUT2D eigenvalue weighted by Crippen LogP contribution is 2.28. The Balaban J connectivity index is 1.30. The molecule has 0 aliphatic carbocycles. The van der Waals surface area contributed by atoms with Crippen LogP contribution in [-0.2, 0) is 18.8 Å². The van der Waals surface area contributed by atoms with Gasteiger partial charge in [0.25, 0.3) is 5.91 Å². The number of carbonyl (C=O) groups is 1. The number of thioether (sulfide) groups is 1. The molecule has 0 saturated carbocycles. The monoisotopic (exact) mass is 496 g/mol. The normalized spacial score (nSPS) is 11.1. The second kappa shape index (κ2) is 10.7. The molecule has 0 bridgehead atoms. The van der Waals surface area contributed by atoms with Crippen molar-refractivity contribution in [1.29, 1.82) is 0 Å². The molecule has 7 heteroatoms. The summed E-state index contributed by atoms with van der Waals surface area (Å²) >= 11 is 1.49. The summed E-state index contributed by atoms with van der Waals surface area (Å²) in [5.74, 6) is 0.148. The van der Waals surface area contributed by atoms with Gasteiger partial charge in [-0.3, -0.25) is 9.78 Å². The summed E-state index contributed by atoms with van der Waals surface area (Å²) in [6, 6.07) is 24.4. The molecule has 0 fully saturated rings. The smallest absolute Gasteiger partial charge is 0.251 e. The van der Waals surface area contributed by atoms with Gasteiger partial charge in [0.2, 0.25) is 0 Å². The number of hydrogen-bond donors (Lipinski definition) is 1. The third kappa shape index (κ3) is 5.47. The number of amides is 1. The van der Waals surface area contributed by atoms with Crippen molar-refractivity contribution in [1.82, 2.24) is 19.9 Å². The van der Waals surface area contributed by atoms with Gasteiger partial charge in [-0.2, -0.15) is 0 Å². The first kappa shape index (κ1) is 23.8. The van der Waals surface area contributed by atoms with Gasteiger partial charge in [0, 0.05) is 24.1 Å². The van der Waals surface area contributed by atoms with Crippen molar-refractivity contribution < 1.29 is 9.18 Å². The summed E-state index contributed by atoms with van der Waals surface area (Å²) in [7, 11) is 0. The van der Waals surface area contributed by atoms with Crippen LogP contribution >= 0.6 is 11.8 Å². The molecular weight excluding hydrogens is 471 g/mol. The standard InChI is InChI=1S/C29H25FN4OS/c1-20-6-8-21(9-7-20)16-32-28(35)23-12-10-22(11-13-23)18-34-27-17-31-15-14-26(27)33-29(34)36-19-24-4-2-3-5-25(24)30/h2-15,17H,16,18-19H2,1H3,(H,32,35). The van der Waals surface area contributed by atoms with Gasteiger partial charge in [-0.1, -0.05) is 71.9 Å². The van der Waals surface area contributed by atoms with Gasteiger partial charge < -0.3 is 9.88 Å². The third-order valence-electron chi connectivity index (χ3n) is 5.96. The predicted molar refractivity (Wildman–Crippen MR) is 141 cm³/mol. The fourth-order valence-electron chi connectivity index (χ4n) is 3.90. The van der Waals surface area contributed by atoms with E-state index in [1.165, 1.54) is 23.4 Å². The highest BCUT2D eigenvalue weighted by Gasteiger charge is 2.14. The van der Waals surface area contributed by atoms with Crippen LogP contribution in [0.4, 0.5) is 4.39 Å². The molecule has 0 aliphatic rings. The van der Waals surface area contributed by atoms with E-state index >= 15 is 0 Å². The molecule has 1 N–H and O–H groups in total. The maximum Gasteiger partial charge on any atom is 0.251 e. The van der Waals surface area contributed by atoms with Crippen molar-refractivity contribution in [2.24, 2.45) is 0 Å². The lowest BCUT2D eigenvalue weighted by Crippen LogP contribution is -2.22. The number of aromatic nitrogens is 3. The van der Waals surface area contributed by atoms with Gasteiger partial charge in [-0.25, -0.2) is 9.37 Å². The first-order valence-corrected chi connectivity index (χ1v) is 12.6. The van der Waals surface area contributed by atoms with E-state index in [4.69, 9.17) is 4.98 Å². The maximum absolute atomic E-state index is 14.1. The fourth-order valence-corrected chi connectivity index (χ4v) is 4.90. The molecule has 0 aliphatic heterocycles. The molecule has 0 spiro atoms. The first-order valence-electron chi connectivity index (χ1n) is 11.7. The lowest BCUT2D eigenvalue weighted by Gasteiger charge is -2.10. The number of rotatable bonds is 8. The molecule has 0 saturated heterocycles. The van der Waals surface area contributed by atoms with Crippen molar-refractivity contribution >= 4 is 28.7 Å². The lowest BCUT2D eigenvalue weighted by molar-refractivity contribution is 0.0951. The van der Waals surface area contributed by atoms with Gasteiger partial charge in [0.05, 0.1) is 23.8 Å². The van der Waals surface area contributed by atoms with Gasteiger partial charge in [-0.15, -0.1) is 0 Å². The molecule has 5 rings (SSSR count). The van der Waals surface area contributed by atoms with Gasteiger partial charge >= 0.3 is 0 Å². The number of imidazole rings is 1. The summed E-state index contributed by atoms with van der Waals surface area (Å²) in [6.07, 6.45) is 3.51. The van der Waals surface area contributed by atoms with Crippen molar-refractivity contribution in [2.75, 3.05) is 0 Å². The molecule has 180 valence electrons. The summed E-state index contributed by atoms with van der Waals surface area (Å²) in [5, 5.41) is 3.77. The van der Waals surface area contributed by atoms with Crippen LogP contribution in [0, 0.1) is 12.7 Å². The zero-order valence-corrected chi connectivity index (χ0v) is 20.6. The molecule has 0 radical (unpaired) electrons. The second-order valence-corrected chi connectivity index (χ2v) is 9.53. The summed E-state index contributed by atoms with van der Waals surface area (Å²) in [5.41, 5.74) is 6.28. The highest BCUT2D eigenvalue weighted by atomic mass is 32.2. The molecule has 5 nitrogen and oxygen atoms in total. The number of carbonyl (C=O) groups excluding carboxylic acids is 1. The van der Waals surface area contributed by atoms with E-state index in [2.05, 4.69) is 14.9 Å². The Morgan fingerprint density at radius 1 is 0.972 bits per heavy atom. The van der Waals surface area contributed by atoms with Crippen molar-refractivity contribution in [3.63, 3.8) is 0 Å². The van der Waals surface area contributed by atoms with Crippen molar-refractivity contribution in [3.8, 4) is 0 Å². The van der Waals surface area contributed by atoms with Crippen LogP contribution in [0.5, 0.6) is 0 Å². The number of fused-ring (bicyclic) bond motifs is 1. The van der Waals surface area contributed by atoms with E-state index in [1.807, 2.05) is 67.6 Å². The van der Waals surface area contributed by atoms with Crippen LogP contribution in [-0.4, -0.2) is 20.4 Å². The molecule has 2 aromatic heterocycles. The minimum absolute atomic E-state index is 0.111. The van der Waals surface area contributed by atoms with Crippen LogP contribution < -0.4 is 5.32 Å². The number of halogens is 1. The Morgan fingerprint density at radius 2 is 1.72 bits per heavy atom. The number of benzene rings is 3. The molecule has 0 atom stereocenters. The van der Waals surface area contributed by atoms with Crippen LogP contribution in [0.2, 0.25) is 0 Å². The van der Waals surface area contributed by atoms with E-state index in [1.54, 1.807) is 24.5 Å². The van der Waals surface area contributed by atoms with E-state index in [-0.39, 0.29) is 11.7 Å². The summed E-state index contributed by atoms with van der Waals surface area (Å²) < 4.78 is 16.2. The third-order valence-corrected chi connectivity index (χ3v) is 6.99. The van der Waals surface area contributed by atoms with Crippen LogP contribution in [0.15, 0.2) is 96.4 Å². The average molecular weight is 497 g/mol. The van der Waals surface area contributed by atoms with Gasteiger partial charge in [0.15, 0.2) is 5.16 Å². The lowest BCUT2D eigenvalue weighted by atomic mass is 10.1. The molecule has 5 aromatic rings. The number of nitrogens with one attached hydrogen (secondary N) is 1. The number of pyridine rings is 1. The molecule has 36 heavy (non-hydrogen) atoms. The minimum Gasteiger partial charge on any atom is -0.348 e. The maximum atomic E-state index is 14.1. The second-order valence-electron chi connectivity index (χ2n) is 8.59. The molecule has 3 aromatic carbocycles. The molecule has 2 heterocycles. The Bertz CT molecular complexity index is 1500. The van der Waals surface area contributed by atoms with Crippen LogP contribution in [0.3, 0.4) is 0 Å². The van der Waals surface area contributed by atoms with Crippen molar-refractivity contribution in [3.05, 3.63) is 125 Å². The number of nitrogens with zero attached hydrogens (tertiary/aromatic N) is 3. The SMILES string of the molecule is Cc1ccc(CNC(=O)c2ccc(Cn3c(SCc4ccccc4F)nc4ccncc43)cc2)cc1. The van der Waals surface area contributed by atoms with Crippen molar-refractivity contribution in [2.45, 2.75) is 30.9 Å². The molecule has 0 unspecified atom stereocenters. The van der Waals surface area contributed by atoms with Crippen LogP contribution in [0.1, 0.15) is 32.6 Å². The Morgan fingerprint density at radius 3 is 2.50 bits per heavy atom. The zero-order chi connectivity index (χ0) is 24.9. The first-order chi connectivity index (χ1) is 17.6. The van der Waals surface area contributed by atoms with E-state index in [0.717, 1.165) is 27.3 Å². The fraction of sp³-hybridized carbons (Fsp3) is 0.138. The van der Waals surface area contributed by atoms with Crippen LogP contribution in [0.25, 0.3) is 11.0 Å². The van der Waals surface area contributed by atoms with Gasteiger partial charge in [-0.05, 0) is 47.9 Å². The topological polar surface area (TPSA) is 59.8 Å². The Labute approximate surface area is 213 Å². The van der Waals surface area contributed by atoms with E-state index in [0.29, 0.717) is 30.0 Å². The number of hydrogen-bond acceptors (Lipinski definition) is 4. The molecule has 1 amide bonds. The summed E-state index contributed by atoms with van der Waals surface area (Å²) in [6.45, 7) is 3.09. The average Bonchev–Trinajstić information content (AvgIpc) is 3.25. The zero-order valence-electron chi connectivity index (χ0n) is 19.8. The summed E-state index contributed by atoms with van der Waals surface area (Å²) in [4.78, 5) is 21.6. The van der Waals surface area contributed by atoms with E-state index in [9.17, 15) is 9.18 Å². The molecular formula is C29H25FN4OS.